The molecule has 0 aliphatic rings. The van der Waals surface area contributed by atoms with Gasteiger partial charge in [-0.1, -0.05) is 62.4 Å². The first-order chi connectivity index (χ1) is 19.9. The summed E-state index contributed by atoms with van der Waals surface area (Å²) in [6.45, 7) is 10.4. The summed E-state index contributed by atoms with van der Waals surface area (Å²) >= 11 is 0. The minimum Gasteiger partial charge on any atom is -0.497 e. The predicted molar refractivity (Wildman–Crippen MR) is 168 cm³/mol. The fourth-order valence-corrected chi connectivity index (χ4v) is 5.65. The average Bonchev–Trinajstić information content (AvgIpc) is 3.36. The molecule has 0 aliphatic heterocycles. The molecule has 1 amide bonds. The van der Waals surface area contributed by atoms with E-state index < -0.39 is 0 Å². The average molecular weight is 556 g/mol. The number of benzene rings is 3. The Kier molecular flexibility index (Phi) is 10.9. The van der Waals surface area contributed by atoms with E-state index in [0.29, 0.717) is 17.9 Å². The van der Waals surface area contributed by atoms with Crippen LogP contribution in [0.1, 0.15) is 62.6 Å². The summed E-state index contributed by atoms with van der Waals surface area (Å²) in [7, 11) is 3.32. The van der Waals surface area contributed by atoms with Gasteiger partial charge in [0.25, 0.3) is 0 Å². The molecule has 2 atom stereocenters. The Bertz CT molecular complexity index is 1370. The Labute approximate surface area is 245 Å². The molecule has 0 saturated carbocycles. The molecule has 1 aromatic heterocycles. The second kappa shape index (κ2) is 14.7. The lowest BCUT2D eigenvalue weighted by atomic mass is 9.87. The van der Waals surface area contributed by atoms with Gasteiger partial charge in [0.05, 0.1) is 14.2 Å². The zero-order valence-electron chi connectivity index (χ0n) is 25.2. The number of methoxy groups -OCH3 is 2. The van der Waals surface area contributed by atoms with Crippen LogP contribution in [0.15, 0.2) is 79.0 Å². The fourth-order valence-electron chi connectivity index (χ4n) is 5.65. The van der Waals surface area contributed by atoms with Gasteiger partial charge in [-0.25, -0.2) is 0 Å². The number of hydrogen-bond acceptors (Lipinski definition) is 4. The first-order valence-corrected chi connectivity index (χ1v) is 14.8. The van der Waals surface area contributed by atoms with E-state index in [4.69, 9.17) is 9.47 Å². The third-order valence-electron chi connectivity index (χ3n) is 7.97. The Morgan fingerprint density at radius 2 is 1.59 bits per heavy atom. The van der Waals surface area contributed by atoms with Crippen molar-refractivity contribution in [2.45, 2.75) is 58.5 Å². The molecule has 1 N–H and O–H groups in total. The Balaban J connectivity index is 1.65. The number of rotatable bonds is 15. The molecule has 6 heteroatoms. The van der Waals surface area contributed by atoms with Gasteiger partial charge in [-0.3, -0.25) is 4.79 Å². The molecule has 0 unspecified atom stereocenters. The monoisotopic (exact) mass is 555 g/mol. The van der Waals surface area contributed by atoms with Gasteiger partial charge in [-0.05, 0) is 74.3 Å². The van der Waals surface area contributed by atoms with Crippen molar-refractivity contribution in [2.75, 3.05) is 33.9 Å². The minimum absolute atomic E-state index is 0.0482. The largest absolute Gasteiger partial charge is 0.497 e. The second-order valence-electron chi connectivity index (χ2n) is 10.8. The molecule has 0 spiro atoms. The van der Waals surface area contributed by atoms with E-state index in [9.17, 15) is 4.79 Å². The molecule has 4 aromatic rings. The normalized spacial score (nSPS) is 12.8. The van der Waals surface area contributed by atoms with Gasteiger partial charge < -0.3 is 24.3 Å². The number of ether oxygens (including phenoxy) is 2. The van der Waals surface area contributed by atoms with Crippen molar-refractivity contribution < 1.29 is 14.3 Å². The van der Waals surface area contributed by atoms with Crippen LogP contribution in [0.5, 0.6) is 11.5 Å². The lowest BCUT2D eigenvalue weighted by Crippen LogP contribution is -2.34. The van der Waals surface area contributed by atoms with E-state index in [1.807, 2.05) is 24.3 Å². The van der Waals surface area contributed by atoms with Gasteiger partial charge in [-0.2, -0.15) is 0 Å². The molecule has 41 heavy (non-hydrogen) atoms. The SMILES string of the molecule is CCN(CC)CCC[C@H](C)NC(=O)C[C@@H](c1cc(OC)cc(OC)c1)c1cn(Cc2ccccc2)c2ccccc12. The quantitative estimate of drug-likeness (QED) is 0.174. The summed E-state index contributed by atoms with van der Waals surface area (Å²) in [6.07, 6.45) is 4.56. The van der Waals surface area contributed by atoms with Gasteiger partial charge in [0.2, 0.25) is 5.91 Å². The van der Waals surface area contributed by atoms with Gasteiger partial charge in [0.1, 0.15) is 11.5 Å². The third-order valence-corrected chi connectivity index (χ3v) is 7.97. The van der Waals surface area contributed by atoms with E-state index in [-0.39, 0.29) is 17.9 Å². The molecular weight excluding hydrogens is 510 g/mol. The van der Waals surface area contributed by atoms with Gasteiger partial charge >= 0.3 is 0 Å². The Morgan fingerprint density at radius 3 is 2.24 bits per heavy atom. The smallest absolute Gasteiger partial charge is 0.221 e. The fraction of sp³-hybridized carbons (Fsp3) is 0.400. The summed E-state index contributed by atoms with van der Waals surface area (Å²) in [5.41, 5.74) is 4.50. The highest BCUT2D eigenvalue weighted by molar-refractivity contribution is 5.87. The van der Waals surface area contributed by atoms with Crippen LogP contribution in [0, 0.1) is 0 Å². The van der Waals surface area contributed by atoms with Crippen molar-refractivity contribution >= 4 is 16.8 Å². The Hall–Kier alpha value is -3.77. The molecule has 0 radical (unpaired) electrons. The molecule has 218 valence electrons. The number of nitrogens with zero attached hydrogens (tertiary/aromatic N) is 2. The standard InChI is InChI=1S/C35H45N3O3/c1-6-37(7-2)19-13-14-26(3)36-35(39)23-32(28-20-29(40-4)22-30(21-28)41-5)33-25-38(24-27-15-9-8-10-16-27)34-18-12-11-17-31(33)34/h8-12,15-18,20-22,25-26,32H,6-7,13-14,19,23-24H2,1-5H3,(H,36,39)/t26-,32-/m0/s1. The first-order valence-electron chi connectivity index (χ1n) is 14.8. The zero-order chi connectivity index (χ0) is 29.2. The van der Waals surface area contributed by atoms with E-state index in [1.165, 1.54) is 5.56 Å². The van der Waals surface area contributed by atoms with E-state index in [1.54, 1.807) is 14.2 Å². The maximum Gasteiger partial charge on any atom is 0.221 e. The molecule has 1 heterocycles. The van der Waals surface area contributed by atoms with Crippen LogP contribution < -0.4 is 14.8 Å². The molecule has 0 fully saturated rings. The molecule has 4 rings (SSSR count). The molecule has 0 aliphatic carbocycles. The highest BCUT2D eigenvalue weighted by Crippen LogP contribution is 2.38. The summed E-state index contributed by atoms with van der Waals surface area (Å²) in [4.78, 5) is 16.0. The van der Waals surface area contributed by atoms with Crippen molar-refractivity contribution in [3.05, 3.63) is 95.7 Å². The van der Waals surface area contributed by atoms with Gasteiger partial charge in [-0.15, -0.1) is 0 Å². The summed E-state index contributed by atoms with van der Waals surface area (Å²) < 4.78 is 13.5. The van der Waals surface area contributed by atoms with Crippen molar-refractivity contribution in [1.82, 2.24) is 14.8 Å². The number of carbonyl (C=O) groups excluding carboxylic acids is 1. The van der Waals surface area contributed by atoms with E-state index in [2.05, 4.69) is 90.3 Å². The maximum atomic E-state index is 13.6. The number of nitrogens with one attached hydrogen (secondary N) is 1. The third kappa shape index (κ3) is 7.92. The molecular formula is C35H45N3O3. The maximum absolute atomic E-state index is 13.6. The Morgan fingerprint density at radius 1 is 0.927 bits per heavy atom. The molecule has 6 nitrogen and oxygen atoms in total. The van der Waals surface area contributed by atoms with E-state index >= 15 is 0 Å². The number of amides is 1. The van der Waals surface area contributed by atoms with Crippen molar-refractivity contribution in [2.24, 2.45) is 0 Å². The lowest BCUT2D eigenvalue weighted by molar-refractivity contribution is -0.121. The number of fused-ring (bicyclic) bond motifs is 1. The van der Waals surface area contributed by atoms with Crippen LogP contribution in [-0.2, 0) is 11.3 Å². The first kappa shape index (κ1) is 30.2. The summed E-state index contributed by atoms with van der Waals surface area (Å²) in [5.74, 6) is 1.29. The zero-order valence-corrected chi connectivity index (χ0v) is 25.2. The van der Waals surface area contributed by atoms with Gasteiger partial charge in [0, 0.05) is 48.1 Å². The summed E-state index contributed by atoms with van der Waals surface area (Å²) in [6, 6.07) is 25.0. The van der Waals surface area contributed by atoms with Gasteiger partial charge in [0.15, 0.2) is 0 Å². The molecule has 0 bridgehead atoms. The van der Waals surface area contributed by atoms with Crippen LogP contribution in [0.4, 0.5) is 0 Å². The van der Waals surface area contributed by atoms with Crippen LogP contribution in [0.25, 0.3) is 10.9 Å². The molecule has 3 aromatic carbocycles. The van der Waals surface area contributed by atoms with Crippen molar-refractivity contribution in [3.8, 4) is 11.5 Å². The topological polar surface area (TPSA) is 55.7 Å². The van der Waals surface area contributed by atoms with Crippen LogP contribution in [0.2, 0.25) is 0 Å². The second-order valence-corrected chi connectivity index (χ2v) is 10.8. The number of aromatic nitrogens is 1. The predicted octanol–water partition coefficient (Wildman–Crippen LogP) is 6.86. The number of para-hydroxylation sites is 1. The van der Waals surface area contributed by atoms with E-state index in [0.717, 1.165) is 61.1 Å². The molecule has 0 saturated heterocycles. The lowest BCUT2D eigenvalue weighted by Gasteiger charge is -2.22. The van der Waals surface area contributed by atoms with Crippen LogP contribution in [-0.4, -0.2) is 55.3 Å². The van der Waals surface area contributed by atoms with Crippen LogP contribution >= 0.6 is 0 Å². The van der Waals surface area contributed by atoms with Crippen molar-refractivity contribution in [3.63, 3.8) is 0 Å². The number of hydrogen-bond donors (Lipinski definition) is 1. The number of carbonyl (C=O) groups is 1. The highest BCUT2D eigenvalue weighted by atomic mass is 16.5. The summed E-state index contributed by atoms with van der Waals surface area (Å²) in [5, 5.41) is 4.43. The van der Waals surface area contributed by atoms with Crippen LogP contribution in [0.3, 0.4) is 0 Å². The minimum atomic E-state index is -0.177. The van der Waals surface area contributed by atoms with Crippen molar-refractivity contribution in [1.29, 1.82) is 0 Å². The highest BCUT2D eigenvalue weighted by Gasteiger charge is 2.25.